The number of amides is 1. The fourth-order valence-corrected chi connectivity index (χ4v) is 6.89. The second kappa shape index (κ2) is 7.20. The number of rotatable bonds is 5. The van der Waals surface area contributed by atoms with Gasteiger partial charge in [0.05, 0.1) is 0 Å². The maximum absolute atomic E-state index is 13.2. The van der Waals surface area contributed by atoms with Gasteiger partial charge in [-0.25, -0.2) is 8.42 Å². The molecule has 1 aromatic rings. The van der Waals surface area contributed by atoms with E-state index in [4.69, 9.17) is 0 Å². The number of halogens is 3. The molecule has 1 saturated heterocycles. The minimum Gasteiger partial charge on any atom is -0.335 e. The predicted molar refractivity (Wildman–Crippen MR) is 111 cm³/mol. The van der Waals surface area contributed by atoms with Crippen molar-refractivity contribution in [2.75, 3.05) is 6.54 Å². The van der Waals surface area contributed by atoms with Crippen LogP contribution in [0.1, 0.15) is 68.8 Å². The van der Waals surface area contributed by atoms with Crippen molar-refractivity contribution in [3.8, 4) is 0 Å². The molecule has 0 N–H and O–H groups in total. The van der Waals surface area contributed by atoms with Crippen molar-refractivity contribution in [2.45, 2.75) is 77.0 Å². The molecular formula is C22H29F3N2O3S. The second-order valence-corrected chi connectivity index (χ2v) is 12.5. The maximum Gasteiger partial charge on any atom is 0.511 e. The topological polar surface area (TPSA) is 57.7 Å². The Labute approximate surface area is 181 Å². The van der Waals surface area contributed by atoms with Crippen LogP contribution in [0.3, 0.4) is 0 Å². The van der Waals surface area contributed by atoms with Crippen molar-refractivity contribution in [2.24, 2.45) is 10.8 Å². The molecule has 9 heteroatoms. The first-order valence-electron chi connectivity index (χ1n) is 10.7. The van der Waals surface area contributed by atoms with E-state index < -0.39 is 21.6 Å². The fourth-order valence-electron chi connectivity index (χ4n) is 5.70. The zero-order valence-electron chi connectivity index (χ0n) is 18.1. The van der Waals surface area contributed by atoms with Crippen molar-refractivity contribution in [3.05, 3.63) is 35.4 Å². The maximum atomic E-state index is 13.2. The Morgan fingerprint density at radius 1 is 1.13 bits per heavy atom. The summed E-state index contributed by atoms with van der Waals surface area (Å²) in [5.41, 5.74) is -4.10. The third-order valence-electron chi connectivity index (χ3n) is 6.77. The predicted octanol–water partition coefficient (Wildman–Crippen LogP) is 4.54. The Morgan fingerprint density at radius 3 is 2.29 bits per heavy atom. The van der Waals surface area contributed by atoms with Gasteiger partial charge in [0.25, 0.3) is 5.91 Å². The minimum atomic E-state index is -5.38. The molecule has 2 saturated carbocycles. The molecule has 1 amide bonds. The number of likely N-dealkylation sites (tertiary alicyclic amines) is 1. The van der Waals surface area contributed by atoms with Crippen molar-refractivity contribution < 1.29 is 26.4 Å². The molecule has 2 unspecified atom stereocenters. The van der Waals surface area contributed by atoms with Crippen LogP contribution in [0.5, 0.6) is 0 Å². The van der Waals surface area contributed by atoms with Crippen molar-refractivity contribution >= 4 is 15.9 Å². The molecule has 1 aromatic carbocycles. The normalized spacial score (nSPS) is 28.2. The van der Waals surface area contributed by atoms with Crippen LogP contribution >= 0.6 is 0 Å². The molecule has 0 radical (unpaired) electrons. The number of carbonyl (C=O) groups excluding carboxylic acids is 1. The van der Waals surface area contributed by atoms with Gasteiger partial charge >= 0.3 is 15.5 Å². The van der Waals surface area contributed by atoms with Gasteiger partial charge in [-0.1, -0.05) is 32.9 Å². The second-order valence-electron chi connectivity index (χ2n) is 10.6. The first-order valence-corrected chi connectivity index (χ1v) is 12.1. The number of hydrogen-bond acceptors (Lipinski definition) is 3. The van der Waals surface area contributed by atoms with E-state index in [1.807, 2.05) is 4.90 Å². The first kappa shape index (κ1) is 22.6. The SMILES string of the molecule is CC1(C)CC2CC(C)(CN2C(=O)c2ccc(CN(C3CC3)S(=O)(=O)C(F)(F)F)cc2)C1. The molecule has 1 heterocycles. The van der Waals surface area contributed by atoms with Gasteiger partial charge in [-0.15, -0.1) is 0 Å². The lowest BCUT2D eigenvalue weighted by Crippen LogP contribution is -2.41. The molecule has 2 bridgehead atoms. The van der Waals surface area contributed by atoms with Gasteiger partial charge in [0.2, 0.25) is 0 Å². The molecule has 2 aliphatic carbocycles. The lowest BCUT2D eigenvalue weighted by atomic mass is 9.65. The number of sulfonamides is 1. The molecular weight excluding hydrogens is 429 g/mol. The molecule has 3 aliphatic rings. The van der Waals surface area contributed by atoms with E-state index in [0.29, 0.717) is 34.8 Å². The van der Waals surface area contributed by atoms with Crippen LogP contribution in [0.2, 0.25) is 0 Å². The average molecular weight is 459 g/mol. The van der Waals surface area contributed by atoms with Crippen LogP contribution in [0, 0.1) is 10.8 Å². The molecule has 1 aliphatic heterocycles. The van der Waals surface area contributed by atoms with Gasteiger partial charge in [0.15, 0.2) is 0 Å². The van der Waals surface area contributed by atoms with Gasteiger partial charge in [-0.05, 0) is 60.6 Å². The first-order chi connectivity index (χ1) is 14.2. The average Bonchev–Trinajstić information content (AvgIpc) is 3.42. The summed E-state index contributed by atoms with van der Waals surface area (Å²) >= 11 is 0. The largest absolute Gasteiger partial charge is 0.511 e. The monoisotopic (exact) mass is 458 g/mol. The Bertz CT molecular complexity index is 971. The summed E-state index contributed by atoms with van der Waals surface area (Å²) in [5, 5.41) is 0. The van der Waals surface area contributed by atoms with E-state index >= 15 is 0 Å². The van der Waals surface area contributed by atoms with Crippen LogP contribution in [-0.2, 0) is 16.6 Å². The Balaban J connectivity index is 1.49. The number of benzene rings is 1. The third kappa shape index (κ3) is 4.35. The molecule has 172 valence electrons. The summed E-state index contributed by atoms with van der Waals surface area (Å²) in [5.74, 6) is -0.0695. The van der Waals surface area contributed by atoms with Crippen LogP contribution in [0.15, 0.2) is 24.3 Å². The van der Waals surface area contributed by atoms with Gasteiger partial charge < -0.3 is 4.90 Å². The van der Waals surface area contributed by atoms with E-state index in [0.717, 1.165) is 19.3 Å². The molecule has 5 nitrogen and oxygen atoms in total. The summed E-state index contributed by atoms with van der Waals surface area (Å²) < 4.78 is 63.5. The quantitative estimate of drug-likeness (QED) is 0.651. The van der Waals surface area contributed by atoms with Crippen LogP contribution in [0.25, 0.3) is 0 Å². The Kier molecular flexibility index (Phi) is 5.24. The molecule has 31 heavy (non-hydrogen) atoms. The number of nitrogens with zero attached hydrogens (tertiary/aromatic N) is 2. The van der Waals surface area contributed by atoms with Gasteiger partial charge in [-0.3, -0.25) is 4.79 Å². The van der Waals surface area contributed by atoms with Crippen molar-refractivity contribution in [1.82, 2.24) is 9.21 Å². The lowest BCUT2D eigenvalue weighted by molar-refractivity contribution is -0.0494. The number of carbonyl (C=O) groups is 1. The number of fused-ring (bicyclic) bond motifs is 2. The highest BCUT2D eigenvalue weighted by Crippen LogP contribution is 2.52. The third-order valence-corrected chi connectivity index (χ3v) is 8.40. The lowest BCUT2D eigenvalue weighted by Gasteiger charge is -2.39. The van der Waals surface area contributed by atoms with E-state index in [-0.39, 0.29) is 29.3 Å². The highest BCUT2D eigenvalue weighted by atomic mass is 32.2. The zero-order valence-corrected chi connectivity index (χ0v) is 18.9. The van der Waals surface area contributed by atoms with Gasteiger partial charge in [0.1, 0.15) is 0 Å². The van der Waals surface area contributed by atoms with Crippen molar-refractivity contribution in [1.29, 1.82) is 0 Å². The van der Waals surface area contributed by atoms with E-state index in [1.54, 1.807) is 24.3 Å². The Morgan fingerprint density at radius 2 is 1.74 bits per heavy atom. The molecule has 4 rings (SSSR count). The summed E-state index contributed by atoms with van der Waals surface area (Å²) in [6.07, 6.45) is 3.88. The van der Waals surface area contributed by atoms with E-state index in [9.17, 15) is 26.4 Å². The summed E-state index contributed by atoms with van der Waals surface area (Å²) in [6, 6.07) is 5.89. The molecule has 0 spiro atoms. The van der Waals surface area contributed by atoms with Gasteiger partial charge in [0, 0.05) is 30.7 Å². The molecule has 0 aromatic heterocycles. The molecule has 2 atom stereocenters. The summed E-state index contributed by atoms with van der Waals surface area (Å²) in [6.45, 7) is 7.06. The highest BCUT2D eigenvalue weighted by molar-refractivity contribution is 7.90. The summed E-state index contributed by atoms with van der Waals surface area (Å²) in [4.78, 5) is 15.1. The van der Waals surface area contributed by atoms with Crippen LogP contribution in [-0.4, -0.2) is 47.7 Å². The smallest absolute Gasteiger partial charge is 0.335 e. The van der Waals surface area contributed by atoms with Crippen LogP contribution in [0.4, 0.5) is 13.2 Å². The Hall–Kier alpha value is -1.61. The highest BCUT2D eigenvalue weighted by Gasteiger charge is 2.54. The van der Waals surface area contributed by atoms with E-state index in [1.165, 1.54) is 0 Å². The minimum absolute atomic E-state index is 0.0695. The fraction of sp³-hybridized carbons (Fsp3) is 0.682. The number of hydrogen-bond donors (Lipinski definition) is 0. The zero-order chi connectivity index (χ0) is 22.8. The van der Waals surface area contributed by atoms with Crippen LogP contribution < -0.4 is 0 Å². The number of alkyl halides is 3. The van der Waals surface area contributed by atoms with Crippen molar-refractivity contribution in [3.63, 3.8) is 0 Å². The summed E-state index contributed by atoms with van der Waals surface area (Å²) in [7, 11) is -5.38. The van der Waals surface area contributed by atoms with E-state index in [2.05, 4.69) is 20.8 Å². The standard InChI is InChI=1S/C22H29F3N2O3S/c1-20(2)10-18-11-21(3,13-20)14-26(18)19(28)16-6-4-15(5-7-16)12-27(17-8-9-17)31(29,30)22(23,24)25/h4-7,17-18H,8-14H2,1-3H3. The van der Waals surface area contributed by atoms with Gasteiger partial charge in [-0.2, -0.15) is 17.5 Å². The molecule has 3 fully saturated rings.